The lowest BCUT2D eigenvalue weighted by Gasteiger charge is -2.28. The van der Waals surface area contributed by atoms with Gasteiger partial charge in [-0.15, -0.1) is 0 Å². The molecular formula is C20H22N3O4+. The fraction of sp³-hybridized carbons (Fsp3) is 0.300. The lowest BCUT2D eigenvalue weighted by atomic mass is 10.1. The number of methoxy groups -OCH3 is 1. The number of hydrogen-bond donors (Lipinski definition) is 3. The van der Waals surface area contributed by atoms with Crippen LogP contribution in [0.4, 0.5) is 5.69 Å². The minimum absolute atomic E-state index is 0.0304. The molecule has 140 valence electrons. The predicted molar refractivity (Wildman–Crippen MR) is 102 cm³/mol. The van der Waals surface area contributed by atoms with Crippen LogP contribution in [-0.4, -0.2) is 44.6 Å². The van der Waals surface area contributed by atoms with E-state index >= 15 is 0 Å². The first-order valence-electron chi connectivity index (χ1n) is 8.98. The third-order valence-electron chi connectivity index (χ3n) is 5.12. The smallest absolute Gasteiger partial charge is 0.282 e. The third-order valence-corrected chi connectivity index (χ3v) is 5.12. The zero-order valence-electron chi connectivity index (χ0n) is 15.3. The molecule has 0 spiro atoms. The number of quaternary nitrogens is 1. The molecule has 0 radical (unpaired) electrons. The van der Waals surface area contributed by atoms with Crippen LogP contribution in [0, 0.1) is 0 Å². The number of fused-ring (bicyclic) bond motifs is 3. The SMILES string of the molecule is COc1cc2c(cc1NC(=O)[C@H](C)[NH+]1CCNC(=O)C1)oc1ccccc12. The van der Waals surface area contributed by atoms with Gasteiger partial charge in [0, 0.05) is 16.8 Å². The highest BCUT2D eigenvalue weighted by atomic mass is 16.5. The zero-order valence-corrected chi connectivity index (χ0v) is 15.3. The van der Waals surface area contributed by atoms with Gasteiger partial charge in [-0.05, 0) is 19.1 Å². The summed E-state index contributed by atoms with van der Waals surface area (Å²) in [6.07, 6.45) is 0. The first-order chi connectivity index (χ1) is 13.1. The second-order valence-corrected chi connectivity index (χ2v) is 6.79. The maximum Gasteiger partial charge on any atom is 0.282 e. The van der Waals surface area contributed by atoms with Gasteiger partial charge in [-0.25, -0.2) is 0 Å². The Morgan fingerprint density at radius 2 is 2.07 bits per heavy atom. The van der Waals surface area contributed by atoms with E-state index in [0.717, 1.165) is 27.8 Å². The number of para-hydroxylation sites is 1. The van der Waals surface area contributed by atoms with Crippen molar-refractivity contribution < 1.29 is 23.6 Å². The second kappa shape index (κ2) is 6.92. The lowest BCUT2D eigenvalue weighted by Crippen LogP contribution is -3.19. The first-order valence-corrected chi connectivity index (χ1v) is 8.98. The van der Waals surface area contributed by atoms with Crippen LogP contribution in [0.3, 0.4) is 0 Å². The molecule has 4 rings (SSSR count). The molecule has 7 nitrogen and oxygen atoms in total. The van der Waals surface area contributed by atoms with Crippen molar-refractivity contribution in [3.8, 4) is 5.75 Å². The molecule has 1 aliphatic rings. The van der Waals surface area contributed by atoms with E-state index in [2.05, 4.69) is 10.6 Å². The fourth-order valence-corrected chi connectivity index (χ4v) is 3.53. The number of carbonyl (C=O) groups excluding carboxylic acids is 2. The number of piperazine rings is 1. The Kier molecular flexibility index (Phi) is 4.45. The maximum absolute atomic E-state index is 12.7. The van der Waals surface area contributed by atoms with Crippen molar-refractivity contribution in [2.75, 3.05) is 32.1 Å². The van der Waals surface area contributed by atoms with E-state index < -0.39 is 0 Å². The molecule has 27 heavy (non-hydrogen) atoms. The number of anilines is 1. The molecular weight excluding hydrogens is 346 g/mol. The number of rotatable bonds is 4. The van der Waals surface area contributed by atoms with Crippen LogP contribution in [0.2, 0.25) is 0 Å². The van der Waals surface area contributed by atoms with Gasteiger partial charge in [-0.2, -0.15) is 0 Å². The van der Waals surface area contributed by atoms with Crippen molar-refractivity contribution in [2.24, 2.45) is 0 Å². The summed E-state index contributed by atoms with van der Waals surface area (Å²) in [4.78, 5) is 25.3. The minimum atomic E-state index is -0.355. The van der Waals surface area contributed by atoms with E-state index in [9.17, 15) is 9.59 Å². The molecule has 1 unspecified atom stereocenters. The largest absolute Gasteiger partial charge is 0.495 e. The Morgan fingerprint density at radius 3 is 2.85 bits per heavy atom. The van der Waals surface area contributed by atoms with Crippen LogP contribution in [0.1, 0.15) is 6.92 Å². The number of ether oxygens (including phenoxy) is 1. The number of furan rings is 1. The lowest BCUT2D eigenvalue weighted by molar-refractivity contribution is -0.907. The minimum Gasteiger partial charge on any atom is -0.495 e. The van der Waals surface area contributed by atoms with Crippen molar-refractivity contribution in [1.29, 1.82) is 0 Å². The van der Waals surface area contributed by atoms with Crippen molar-refractivity contribution in [1.82, 2.24) is 5.32 Å². The fourth-order valence-electron chi connectivity index (χ4n) is 3.53. The van der Waals surface area contributed by atoms with Crippen molar-refractivity contribution in [3.05, 3.63) is 36.4 Å². The monoisotopic (exact) mass is 368 g/mol. The molecule has 2 amide bonds. The van der Waals surface area contributed by atoms with Gasteiger partial charge < -0.3 is 24.7 Å². The molecule has 1 aliphatic heterocycles. The van der Waals surface area contributed by atoms with Crippen molar-refractivity contribution in [2.45, 2.75) is 13.0 Å². The molecule has 3 aromatic rings. The Balaban J connectivity index is 1.63. The summed E-state index contributed by atoms with van der Waals surface area (Å²) in [5.41, 5.74) is 2.03. The number of carbonyl (C=O) groups is 2. The van der Waals surface area contributed by atoms with Gasteiger partial charge in [0.15, 0.2) is 12.6 Å². The third kappa shape index (κ3) is 3.21. The maximum atomic E-state index is 12.7. The number of nitrogens with one attached hydrogen (secondary N) is 3. The molecule has 2 heterocycles. The van der Waals surface area contributed by atoms with Crippen LogP contribution in [-0.2, 0) is 9.59 Å². The van der Waals surface area contributed by atoms with Crippen LogP contribution < -0.4 is 20.3 Å². The van der Waals surface area contributed by atoms with Gasteiger partial charge in [0.2, 0.25) is 0 Å². The van der Waals surface area contributed by atoms with Crippen LogP contribution in [0.5, 0.6) is 5.75 Å². The van der Waals surface area contributed by atoms with Gasteiger partial charge in [-0.1, -0.05) is 18.2 Å². The molecule has 1 saturated heterocycles. The van der Waals surface area contributed by atoms with Gasteiger partial charge in [0.1, 0.15) is 16.9 Å². The molecule has 3 N–H and O–H groups in total. The molecule has 1 aromatic heterocycles. The highest BCUT2D eigenvalue weighted by molar-refractivity contribution is 6.08. The van der Waals surface area contributed by atoms with Gasteiger partial charge in [0.05, 0.1) is 25.9 Å². The highest BCUT2D eigenvalue weighted by Crippen LogP contribution is 2.36. The van der Waals surface area contributed by atoms with Crippen LogP contribution in [0.25, 0.3) is 21.9 Å². The molecule has 0 bridgehead atoms. The molecule has 0 saturated carbocycles. The molecule has 1 fully saturated rings. The second-order valence-electron chi connectivity index (χ2n) is 6.79. The standard InChI is InChI=1S/C20H21N3O4/c1-12(23-8-7-21-19(24)11-23)20(25)22-15-10-17-14(9-18(15)26-2)13-5-3-4-6-16(13)27-17/h3-6,9-10,12H,7-8,11H2,1-2H3,(H,21,24)(H,22,25)/p+1/t12-/m0/s1. The summed E-state index contributed by atoms with van der Waals surface area (Å²) in [7, 11) is 1.57. The van der Waals surface area contributed by atoms with Gasteiger partial charge >= 0.3 is 0 Å². The molecule has 0 aliphatic carbocycles. The Labute approximate surface area is 156 Å². The van der Waals surface area contributed by atoms with E-state index in [1.54, 1.807) is 13.2 Å². The Morgan fingerprint density at radius 1 is 1.26 bits per heavy atom. The highest BCUT2D eigenvalue weighted by Gasteiger charge is 2.30. The molecule has 2 atom stereocenters. The van der Waals surface area contributed by atoms with E-state index in [1.165, 1.54) is 0 Å². The average Bonchev–Trinajstić information content (AvgIpc) is 3.04. The Bertz CT molecular complexity index is 1030. The summed E-state index contributed by atoms with van der Waals surface area (Å²) < 4.78 is 11.4. The van der Waals surface area contributed by atoms with Crippen molar-refractivity contribution >= 4 is 39.4 Å². The van der Waals surface area contributed by atoms with Crippen LogP contribution in [0.15, 0.2) is 40.8 Å². The summed E-state index contributed by atoms with van der Waals surface area (Å²) in [6, 6.07) is 11.1. The van der Waals surface area contributed by atoms with E-state index in [-0.39, 0.29) is 17.9 Å². The first kappa shape index (κ1) is 17.4. The zero-order chi connectivity index (χ0) is 19.0. The summed E-state index contributed by atoms with van der Waals surface area (Å²) >= 11 is 0. The number of benzene rings is 2. The van der Waals surface area contributed by atoms with Gasteiger partial charge in [-0.3, -0.25) is 9.59 Å². The van der Waals surface area contributed by atoms with E-state index in [0.29, 0.717) is 30.1 Å². The average molecular weight is 368 g/mol. The topological polar surface area (TPSA) is 85.0 Å². The summed E-state index contributed by atoms with van der Waals surface area (Å²) in [6.45, 7) is 3.43. The number of amides is 2. The quantitative estimate of drug-likeness (QED) is 0.640. The van der Waals surface area contributed by atoms with E-state index in [1.807, 2.05) is 37.3 Å². The van der Waals surface area contributed by atoms with Gasteiger partial charge in [0.25, 0.3) is 11.8 Å². The number of hydrogen-bond acceptors (Lipinski definition) is 4. The normalized spacial score (nSPS) is 18.3. The Hall–Kier alpha value is -3.06. The summed E-state index contributed by atoms with van der Waals surface area (Å²) in [5, 5.41) is 7.65. The molecule has 7 heteroatoms. The molecule has 2 aromatic carbocycles. The summed E-state index contributed by atoms with van der Waals surface area (Å²) in [5.74, 6) is 0.381. The predicted octanol–water partition coefficient (Wildman–Crippen LogP) is 0.936. The van der Waals surface area contributed by atoms with Crippen LogP contribution >= 0.6 is 0 Å². The van der Waals surface area contributed by atoms with E-state index in [4.69, 9.17) is 9.15 Å². The van der Waals surface area contributed by atoms with Crippen molar-refractivity contribution in [3.63, 3.8) is 0 Å².